The Bertz CT molecular complexity index is 2070. The molecule has 0 saturated carbocycles. The van der Waals surface area contributed by atoms with Gasteiger partial charge in [-0.15, -0.1) is 23.5 Å². The minimum atomic E-state index is -0.906. The number of carbonyl (C=O) groups excluding carboxylic acids is 5. The highest BCUT2D eigenvalue weighted by Crippen LogP contribution is 2.38. The van der Waals surface area contributed by atoms with Gasteiger partial charge in [0.2, 0.25) is 11.8 Å². The summed E-state index contributed by atoms with van der Waals surface area (Å²) in [6.45, 7) is 16.9. The van der Waals surface area contributed by atoms with Crippen LogP contribution in [0.3, 0.4) is 0 Å². The fraction of sp³-hybridized carbons (Fsp3) is 0.582. The predicted octanol–water partition coefficient (Wildman–Crippen LogP) is 8.38. The molecule has 67 heavy (non-hydrogen) atoms. The first-order valence-corrected chi connectivity index (χ1v) is 26.9. The monoisotopic (exact) mass is 953 g/mol. The Kier molecular flexibility index (Phi) is 20.2. The number of epoxide rings is 1. The average molecular weight is 953 g/mol. The minimum absolute atomic E-state index is 0.0183. The molecule has 3 aliphatic rings. The van der Waals surface area contributed by atoms with Gasteiger partial charge in [-0.05, 0) is 86.0 Å². The number of Topliss-reactive ketones (excluding diaryl/α,β-unsaturated/α-hetero) is 3. The Hall–Kier alpha value is -3.81. The van der Waals surface area contributed by atoms with E-state index < -0.39 is 29.5 Å². The molecule has 3 heterocycles. The zero-order chi connectivity index (χ0) is 47.9. The summed E-state index contributed by atoms with van der Waals surface area (Å²) in [4.78, 5) is 75.2. The highest BCUT2D eigenvalue weighted by molar-refractivity contribution is 8.19. The number of nitrogens with one attached hydrogen (secondary N) is 2. The lowest BCUT2D eigenvalue weighted by Gasteiger charge is -2.34. The number of hydrogen-bond donors (Lipinski definition) is 2. The minimum Gasteiger partial charge on any atom is -0.361 e. The second-order valence-electron chi connectivity index (χ2n) is 20.4. The van der Waals surface area contributed by atoms with E-state index in [0.29, 0.717) is 38.7 Å². The van der Waals surface area contributed by atoms with Crippen LogP contribution in [0.5, 0.6) is 0 Å². The number of hydrogen-bond acceptors (Lipinski definition) is 10. The number of piperazine rings is 1. The Balaban J connectivity index is 1.08. The molecule has 12 heteroatoms. The number of ketones is 3. The van der Waals surface area contributed by atoms with Crippen LogP contribution in [0.2, 0.25) is 0 Å². The van der Waals surface area contributed by atoms with E-state index in [4.69, 9.17) is 4.74 Å². The number of amides is 2. The molecule has 10 nitrogen and oxygen atoms in total. The summed E-state index contributed by atoms with van der Waals surface area (Å²) in [7, 11) is 0. The third-order valence-corrected chi connectivity index (χ3v) is 16.8. The Morgan fingerprint density at radius 3 is 1.91 bits per heavy atom. The van der Waals surface area contributed by atoms with E-state index in [1.54, 1.807) is 6.92 Å². The van der Waals surface area contributed by atoms with Crippen LogP contribution in [0.1, 0.15) is 102 Å². The molecular weight excluding hydrogens is 877 g/mol. The summed E-state index contributed by atoms with van der Waals surface area (Å²) in [6.07, 6.45) is 4.51. The summed E-state index contributed by atoms with van der Waals surface area (Å²) < 4.78 is 5.47. The van der Waals surface area contributed by atoms with Crippen molar-refractivity contribution in [1.29, 1.82) is 0 Å². The molecule has 3 aromatic carbocycles. The molecule has 1 unspecified atom stereocenters. The molecule has 3 aromatic rings. The van der Waals surface area contributed by atoms with Gasteiger partial charge in [0.25, 0.3) is 0 Å². The van der Waals surface area contributed by atoms with Gasteiger partial charge < -0.3 is 15.4 Å². The van der Waals surface area contributed by atoms with Crippen LogP contribution >= 0.6 is 23.5 Å². The predicted molar refractivity (Wildman–Crippen MR) is 273 cm³/mol. The van der Waals surface area contributed by atoms with E-state index >= 15 is 0 Å². The van der Waals surface area contributed by atoms with E-state index in [1.165, 1.54) is 22.6 Å². The number of thioether (sulfide) groups is 2. The molecule has 364 valence electrons. The van der Waals surface area contributed by atoms with Crippen molar-refractivity contribution >= 4 is 52.7 Å². The van der Waals surface area contributed by atoms with E-state index in [2.05, 4.69) is 75.1 Å². The number of carbonyl (C=O) groups is 5. The highest BCUT2D eigenvalue weighted by Gasteiger charge is 2.50. The van der Waals surface area contributed by atoms with E-state index in [1.807, 2.05) is 88.4 Å². The molecule has 2 N–H and O–H groups in total. The van der Waals surface area contributed by atoms with Gasteiger partial charge in [-0.25, -0.2) is 0 Å². The molecule has 0 spiro atoms. The van der Waals surface area contributed by atoms with Crippen molar-refractivity contribution in [3.63, 3.8) is 0 Å². The largest absolute Gasteiger partial charge is 0.361 e. The van der Waals surface area contributed by atoms with Gasteiger partial charge in [0.1, 0.15) is 11.4 Å². The maximum absolute atomic E-state index is 14.5. The van der Waals surface area contributed by atoms with Crippen molar-refractivity contribution < 1.29 is 28.7 Å². The van der Waals surface area contributed by atoms with Crippen molar-refractivity contribution in [3.05, 3.63) is 107 Å². The third-order valence-electron chi connectivity index (χ3n) is 13.6. The van der Waals surface area contributed by atoms with Gasteiger partial charge in [0.05, 0.1) is 25.2 Å². The quantitative estimate of drug-likeness (QED) is 0.0720. The summed E-state index contributed by atoms with van der Waals surface area (Å²) in [5, 5.41) is 8.79. The van der Waals surface area contributed by atoms with Crippen molar-refractivity contribution in [2.45, 2.75) is 134 Å². The standard InChI is InChI=1S/C55H76N4O6S2/c1-38(2)28-48(50(61)33-46(31-42-16-11-8-12-17-42)54(64)57-49(29-39(3)4)52(62)55(6)36-65-55)56-53(63)45(22-20-41-14-9-7-10-15-41)32-47(60)35-59-26-24-58(25-27-59)34-44-19-13-18-43(30-44)21-23-51-40(5)66-37-67-51/h7-19,30,38-40,45-46,48-49,51H,20-29,31-37H2,1-6H3,(H,56,63)(H,57,64)/t40-,45+,46+,48-,49-,51?,55+/m0/s1. The van der Waals surface area contributed by atoms with Crippen LogP contribution < -0.4 is 10.6 Å². The number of aryl methyl sites for hydroxylation is 2. The molecule has 7 atom stereocenters. The van der Waals surface area contributed by atoms with Crippen molar-refractivity contribution in [3.8, 4) is 0 Å². The summed E-state index contributed by atoms with van der Waals surface area (Å²) in [6, 6.07) is 27.0. The average Bonchev–Trinajstić information content (AvgIpc) is 3.93. The van der Waals surface area contributed by atoms with Crippen molar-refractivity contribution in [1.82, 2.24) is 20.4 Å². The first kappa shape index (κ1) is 52.6. The zero-order valence-corrected chi connectivity index (χ0v) is 42.5. The van der Waals surface area contributed by atoms with Crippen molar-refractivity contribution in [2.24, 2.45) is 23.7 Å². The topological polar surface area (TPSA) is 128 Å². The second-order valence-corrected chi connectivity index (χ2v) is 23.4. The first-order chi connectivity index (χ1) is 32.1. The molecule has 0 radical (unpaired) electrons. The van der Waals surface area contributed by atoms with Crippen LogP contribution in [0.25, 0.3) is 0 Å². The Labute approximate surface area is 409 Å². The van der Waals surface area contributed by atoms with Crippen molar-refractivity contribution in [2.75, 3.05) is 44.4 Å². The number of nitrogens with zero attached hydrogens (tertiary/aromatic N) is 2. The molecule has 0 aliphatic carbocycles. The van der Waals surface area contributed by atoms with Crippen LogP contribution in [0, 0.1) is 23.7 Å². The molecule has 6 rings (SSSR count). The molecule has 3 saturated heterocycles. The smallest absolute Gasteiger partial charge is 0.224 e. The van der Waals surface area contributed by atoms with Gasteiger partial charge in [0.15, 0.2) is 11.6 Å². The molecule has 3 fully saturated rings. The summed E-state index contributed by atoms with van der Waals surface area (Å²) >= 11 is 4.17. The van der Waals surface area contributed by atoms with Crippen LogP contribution in [0.15, 0.2) is 84.9 Å². The zero-order valence-electron chi connectivity index (χ0n) is 40.9. The third kappa shape index (κ3) is 17.0. The molecule has 0 aromatic heterocycles. The summed E-state index contributed by atoms with van der Waals surface area (Å²) in [5.41, 5.74) is 3.81. The molecule has 0 bridgehead atoms. The lowest BCUT2D eigenvalue weighted by Crippen LogP contribution is -2.50. The highest BCUT2D eigenvalue weighted by atomic mass is 32.2. The van der Waals surface area contributed by atoms with Crippen LogP contribution in [-0.2, 0) is 54.5 Å². The van der Waals surface area contributed by atoms with Crippen LogP contribution in [-0.4, -0.2) is 112 Å². The Morgan fingerprint density at radius 1 is 0.701 bits per heavy atom. The second kappa shape index (κ2) is 25.7. The van der Waals surface area contributed by atoms with Gasteiger partial charge in [0, 0.05) is 73.0 Å². The number of rotatable bonds is 27. The molecular formula is C55H76N4O6S2. The fourth-order valence-electron chi connectivity index (χ4n) is 9.44. The van der Waals surface area contributed by atoms with Gasteiger partial charge in [-0.2, -0.15) is 0 Å². The SMILES string of the molecule is CC(C)C[C@H](NC(=O)[C@H](CCc1ccccc1)CC(=O)CN1CCN(Cc2cccc(CCC3SCS[C@H]3C)c2)CC1)C(=O)C[C@@H](Cc1ccccc1)C(=O)N[C@@H](CC(C)C)C(=O)[C@@]1(C)CO1. The van der Waals surface area contributed by atoms with E-state index in [9.17, 15) is 24.0 Å². The van der Waals surface area contributed by atoms with E-state index in [0.717, 1.165) is 60.8 Å². The lowest BCUT2D eigenvalue weighted by atomic mass is 9.87. The van der Waals surface area contributed by atoms with Gasteiger partial charge in [-0.1, -0.05) is 120 Å². The number of ether oxygens (including phenoxy) is 1. The summed E-state index contributed by atoms with van der Waals surface area (Å²) in [5.74, 6) is -2.24. The maximum Gasteiger partial charge on any atom is 0.224 e. The van der Waals surface area contributed by atoms with Crippen LogP contribution in [0.4, 0.5) is 0 Å². The van der Waals surface area contributed by atoms with E-state index in [-0.39, 0.29) is 60.4 Å². The molecule has 2 amide bonds. The first-order valence-electron chi connectivity index (χ1n) is 24.8. The Morgan fingerprint density at radius 2 is 1.28 bits per heavy atom. The molecule has 3 aliphatic heterocycles. The van der Waals surface area contributed by atoms with Gasteiger partial charge in [-0.3, -0.25) is 33.8 Å². The number of benzene rings is 3. The maximum atomic E-state index is 14.5. The lowest BCUT2D eigenvalue weighted by molar-refractivity contribution is -0.135. The fourth-order valence-corrected chi connectivity index (χ4v) is 12.7. The normalized spacial score (nSPS) is 21.7. The van der Waals surface area contributed by atoms with Gasteiger partial charge >= 0.3 is 0 Å².